The summed E-state index contributed by atoms with van der Waals surface area (Å²) in [6.07, 6.45) is 0.945. The third kappa shape index (κ3) is 2.62. The molecule has 4 heteroatoms. The summed E-state index contributed by atoms with van der Waals surface area (Å²) in [6.45, 7) is 5.08. The lowest BCUT2D eigenvalue weighted by Crippen LogP contribution is -2.06. The highest BCUT2D eigenvalue weighted by atomic mass is 15.2. The van der Waals surface area contributed by atoms with E-state index in [4.69, 9.17) is 0 Å². The molecule has 1 rings (SSSR count). The van der Waals surface area contributed by atoms with E-state index in [-0.39, 0.29) is 0 Å². The molecule has 0 atom stereocenters. The number of aromatic amines is 1. The molecule has 0 spiro atoms. The zero-order valence-electron chi connectivity index (χ0n) is 7.89. The van der Waals surface area contributed by atoms with Gasteiger partial charge >= 0.3 is 0 Å². The highest BCUT2D eigenvalue weighted by Crippen LogP contribution is 2.01. The second-order valence-electron chi connectivity index (χ2n) is 3.33. The van der Waals surface area contributed by atoms with Gasteiger partial charge in [0.15, 0.2) is 5.82 Å². The quantitative estimate of drug-likeness (QED) is 0.696. The van der Waals surface area contributed by atoms with Crippen molar-refractivity contribution in [3.8, 4) is 0 Å². The van der Waals surface area contributed by atoms with Crippen LogP contribution in [0.2, 0.25) is 0 Å². The van der Waals surface area contributed by atoms with E-state index >= 15 is 0 Å². The maximum atomic E-state index is 4.31. The van der Waals surface area contributed by atoms with Gasteiger partial charge in [-0.15, -0.1) is 0 Å². The normalized spacial score (nSPS) is 11.0. The lowest BCUT2D eigenvalue weighted by molar-refractivity contribution is 0.622. The lowest BCUT2D eigenvalue weighted by atomic mass is 10.1. The van der Waals surface area contributed by atoms with E-state index in [9.17, 15) is 0 Å². The summed E-state index contributed by atoms with van der Waals surface area (Å²) in [5.41, 5.74) is 0. The second kappa shape index (κ2) is 4.21. The van der Waals surface area contributed by atoms with Crippen molar-refractivity contribution in [2.45, 2.75) is 26.8 Å². The van der Waals surface area contributed by atoms with Crippen LogP contribution in [0.25, 0.3) is 0 Å². The number of nitrogens with zero attached hydrogens (tertiary/aromatic N) is 2. The minimum absolute atomic E-state index is 0.614. The molecule has 0 aromatic carbocycles. The van der Waals surface area contributed by atoms with Crippen LogP contribution in [-0.4, -0.2) is 22.2 Å². The predicted molar refractivity (Wildman–Crippen MR) is 47.7 cm³/mol. The Bertz CT molecular complexity index is 229. The van der Waals surface area contributed by atoms with Gasteiger partial charge in [-0.05, 0) is 13.0 Å². The largest absolute Gasteiger partial charge is 0.313 e. The summed E-state index contributed by atoms with van der Waals surface area (Å²) in [7, 11) is 1.89. The summed E-state index contributed by atoms with van der Waals surface area (Å²) >= 11 is 0. The first-order chi connectivity index (χ1) is 5.72. The molecule has 0 bridgehead atoms. The van der Waals surface area contributed by atoms with Crippen molar-refractivity contribution in [3.63, 3.8) is 0 Å². The Morgan fingerprint density at radius 2 is 2.25 bits per heavy atom. The van der Waals surface area contributed by atoms with Crippen molar-refractivity contribution in [3.05, 3.63) is 11.6 Å². The summed E-state index contributed by atoms with van der Waals surface area (Å²) in [5, 5.41) is 10.0. The van der Waals surface area contributed by atoms with E-state index in [2.05, 4.69) is 34.3 Å². The first kappa shape index (κ1) is 9.19. The van der Waals surface area contributed by atoms with Crippen LogP contribution in [0.15, 0.2) is 0 Å². The van der Waals surface area contributed by atoms with E-state index < -0.39 is 0 Å². The monoisotopic (exact) mass is 168 g/mol. The molecule has 1 aromatic rings. The van der Waals surface area contributed by atoms with Crippen LogP contribution in [0.1, 0.15) is 25.5 Å². The van der Waals surface area contributed by atoms with Crippen molar-refractivity contribution in [1.29, 1.82) is 0 Å². The molecule has 68 valence electrons. The molecule has 0 fully saturated rings. The average molecular weight is 168 g/mol. The summed E-state index contributed by atoms with van der Waals surface area (Å²) in [4.78, 5) is 4.31. The number of hydrogen-bond acceptors (Lipinski definition) is 3. The third-order valence-corrected chi connectivity index (χ3v) is 1.51. The van der Waals surface area contributed by atoms with Gasteiger partial charge in [-0.1, -0.05) is 13.8 Å². The third-order valence-electron chi connectivity index (χ3n) is 1.51. The molecular weight excluding hydrogens is 152 g/mol. The molecule has 0 aliphatic carbocycles. The number of hydrogen-bond donors (Lipinski definition) is 2. The average Bonchev–Trinajstić information content (AvgIpc) is 2.36. The lowest BCUT2D eigenvalue weighted by Gasteiger charge is -1.96. The Morgan fingerprint density at radius 1 is 1.50 bits per heavy atom. The van der Waals surface area contributed by atoms with Crippen LogP contribution < -0.4 is 5.32 Å². The van der Waals surface area contributed by atoms with Gasteiger partial charge in [-0.2, -0.15) is 5.10 Å². The summed E-state index contributed by atoms with van der Waals surface area (Å²) in [6, 6.07) is 0. The van der Waals surface area contributed by atoms with Crippen molar-refractivity contribution in [1.82, 2.24) is 20.5 Å². The highest BCUT2D eigenvalue weighted by molar-refractivity contribution is 4.90. The van der Waals surface area contributed by atoms with Crippen LogP contribution >= 0.6 is 0 Å². The topological polar surface area (TPSA) is 53.6 Å². The first-order valence-corrected chi connectivity index (χ1v) is 4.27. The smallest absolute Gasteiger partial charge is 0.151 e. The van der Waals surface area contributed by atoms with Gasteiger partial charge in [0.25, 0.3) is 0 Å². The van der Waals surface area contributed by atoms with E-state index in [1.54, 1.807) is 0 Å². The fraction of sp³-hybridized carbons (Fsp3) is 0.750. The molecule has 12 heavy (non-hydrogen) atoms. The van der Waals surface area contributed by atoms with E-state index in [0.717, 1.165) is 24.6 Å². The van der Waals surface area contributed by atoms with Crippen LogP contribution in [0.4, 0.5) is 0 Å². The number of nitrogens with one attached hydrogen (secondary N) is 2. The molecule has 1 aromatic heterocycles. The molecule has 1 heterocycles. The number of H-pyrrole nitrogens is 1. The maximum absolute atomic E-state index is 4.31. The Balaban J connectivity index is 2.52. The minimum Gasteiger partial charge on any atom is -0.313 e. The van der Waals surface area contributed by atoms with Crippen molar-refractivity contribution in [2.24, 2.45) is 5.92 Å². The van der Waals surface area contributed by atoms with Gasteiger partial charge in [-0.25, -0.2) is 4.98 Å². The Hall–Kier alpha value is -0.900. The number of aromatic nitrogens is 3. The standard InChI is InChI=1S/C8H16N4/c1-6(2)4-7-10-8(5-9-3)12-11-7/h6,9H,4-5H2,1-3H3,(H,10,11,12). The van der Waals surface area contributed by atoms with Gasteiger partial charge < -0.3 is 5.32 Å². The van der Waals surface area contributed by atoms with E-state index in [0.29, 0.717) is 5.92 Å². The molecule has 0 saturated carbocycles. The molecule has 0 aliphatic heterocycles. The Morgan fingerprint density at radius 3 is 2.83 bits per heavy atom. The predicted octanol–water partition coefficient (Wildman–Crippen LogP) is 0.723. The van der Waals surface area contributed by atoms with Crippen LogP contribution in [0.3, 0.4) is 0 Å². The molecule has 2 N–H and O–H groups in total. The molecule has 0 radical (unpaired) electrons. The zero-order chi connectivity index (χ0) is 8.97. The van der Waals surface area contributed by atoms with Gasteiger partial charge in [0.2, 0.25) is 0 Å². The summed E-state index contributed by atoms with van der Waals surface area (Å²) in [5.74, 6) is 2.44. The molecule has 0 saturated heterocycles. The fourth-order valence-electron chi connectivity index (χ4n) is 1.04. The second-order valence-corrected chi connectivity index (χ2v) is 3.33. The van der Waals surface area contributed by atoms with Crippen LogP contribution in [0.5, 0.6) is 0 Å². The first-order valence-electron chi connectivity index (χ1n) is 4.27. The van der Waals surface area contributed by atoms with Gasteiger partial charge in [0.1, 0.15) is 5.82 Å². The van der Waals surface area contributed by atoms with Gasteiger partial charge in [0.05, 0.1) is 6.54 Å². The van der Waals surface area contributed by atoms with E-state index in [1.807, 2.05) is 7.05 Å². The minimum atomic E-state index is 0.614. The molecule has 0 aliphatic rings. The molecule has 0 amide bonds. The van der Waals surface area contributed by atoms with E-state index in [1.165, 1.54) is 0 Å². The van der Waals surface area contributed by atoms with Crippen LogP contribution in [-0.2, 0) is 13.0 Å². The summed E-state index contributed by atoms with van der Waals surface area (Å²) < 4.78 is 0. The molecular formula is C8H16N4. The SMILES string of the molecule is CNCc1nc(CC(C)C)n[nH]1. The van der Waals surface area contributed by atoms with Gasteiger partial charge in [-0.3, -0.25) is 5.10 Å². The van der Waals surface area contributed by atoms with Crippen LogP contribution in [0, 0.1) is 5.92 Å². The highest BCUT2D eigenvalue weighted by Gasteiger charge is 2.03. The van der Waals surface area contributed by atoms with Gasteiger partial charge in [0, 0.05) is 6.42 Å². The zero-order valence-corrected chi connectivity index (χ0v) is 7.89. The molecule has 4 nitrogen and oxygen atoms in total. The van der Waals surface area contributed by atoms with Crippen molar-refractivity contribution >= 4 is 0 Å². The number of rotatable bonds is 4. The fourth-order valence-corrected chi connectivity index (χ4v) is 1.04. The Kier molecular flexibility index (Phi) is 3.22. The van der Waals surface area contributed by atoms with Crippen molar-refractivity contribution < 1.29 is 0 Å². The molecule has 0 unspecified atom stereocenters. The Labute approximate surface area is 72.8 Å². The van der Waals surface area contributed by atoms with Crippen molar-refractivity contribution in [2.75, 3.05) is 7.05 Å². The maximum Gasteiger partial charge on any atom is 0.151 e.